The maximum Gasteiger partial charge on any atom is 0.343 e. The third-order valence-corrected chi connectivity index (χ3v) is 5.78. The Labute approximate surface area is 232 Å². The van der Waals surface area contributed by atoms with Crippen LogP contribution in [0.2, 0.25) is 0 Å². The van der Waals surface area contributed by atoms with Crippen molar-refractivity contribution in [2.75, 3.05) is 13.2 Å². The van der Waals surface area contributed by atoms with Gasteiger partial charge in [0.05, 0.1) is 24.3 Å². The van der Waals surface area contributed by atoms with Crippen LogP contribution in [0, 0.1) is 0 Å². The van der Waals surface area contributed by atoms with Crippen LogP contribution in [0.3, 0.4) is 0 Å². The number of ether oxygens (including phenoxy) is 4. The zero-order valence-corrected chi connectivity index (χ0v) is 21.8. The molecule has 0 N–H and O–H groups in total. The lowest BCUT2D eigenvalue weighted by Gasteiger charge is -2.09. The fraction of sp³-hybridized carbons (Fsp3) is 0.121. The van der Waals surface area contributed by atoms with Crippen molar-refractivity contribution in [3.05, 3.63) is 127 Å². The molecule has 4 aromatic rings. The standard InChI is InChI=1S/C33H28O7/c1-2-31(34)38-23-7-6-22-37-28-16-14-27(15-17-28)33(36)40-30-20-18-29(19-21-30)39-32(35)26-12-10-25(11-13-26)24-8-4-3-5-9-24/h2-5,8-21H,1,6-7,22-23H2. The number of hydrogen-bond acceptors (Lipinski definition) is 7. The predicted molar refractivity (Wildman–Crippen MR) is 151 cm³/mol. The van der Waals surface area contributed by atoms with Crippen LogP contribution in [0.25, 0.3) is 11.1 Å². The lowest BCUT2D eigenvalue weighted by atomic mass is 10.0. The second kappa shape index (κ2) is 14.1. The van der Waals surface area contributed by atoms with Crippen LogP contribution in [-0.4, -0.2) is 31.1 Å². The molecule has 0 aliphatic carbocycles. The first-order valence-corrected chi connectivity index (χ1v) is 12.7. The minimum Gasteiger partial charge on any atom is -0.494 e. The molecule has 0 spiro atoms. The number of unbranched alkanes of at least 4 members (excludes halogenated alkanes) is 1. The molecule has 0 amide bonds. The summed E-state index contributed by atoms with van der Waals surface area (Å²) in [6.07, 6.45) is 2.51. The molecule has 4 rings (SSSR count). The van der Waals surface area contributed by atoms with Crippen molar-refractivity contribution in [1.29, 1.82) is 0 Å². The van der Waals surface area contributed by atoms with Crippen molar-refractivity contribution >= 4 is 17.9 Å². The molecule has 0 saturated carbocycles. The van der Waals surface area contributed by atoms with Gasteiger partial charge in [-0.3, -0.25) is 0 Å². The maximum absolute atomic E-state index is 12.5. The van der Waals surface area contributed by atoms with Gasteiger partial charge in [0.2, 0.25) is 0 Å². The van der Waals surface area contributed by atoms with Gasteiger partial charge in [-0.2, -0.15) is 0 Å². The van der Waals surface area contributed by atoms with Gasteiger partial charge >= 0.3 is 17.9 Å². The van der Waals surface area contributed by atoms with Gasteiger partial charge in [-0.1, -0.05) is 49.0 Å². The zero-order valence-electron chi connectivity index (χ0n) is 21.8. The SMILES string of the molecule is C=CC(=O)OCCCCOc1ccc(C(=O)Oc2ccc(OC(=O)c3ccc(-c4ccccc4)cc3)cc2)cc1. The molecule has 0 saturated heterocycles. The van der Waals surface area contributed by atoms with Crippen LogP contribution in [0.4, 0.5) is 0 Å². The number of hydrogen-bond donors (Lipinski definition) is 0. The van der Waals surface area contributed by atoms with Crippen molar-refractivity contribution in [2.45, 2.75) is 12.8 Å². The van der Waals surface area contributed by atoms with E-state index in [1.807, 2.05) is 42.5 Å². The van der Waals surface area contributed by atoms with E-state index in [9.17, 15) is 14.4 Å². The van der Waals surface area contributed by atoms with E-state index >= 15 is 0 Å². The van der Waals surface area contributed by atoms with E-state index < -0.39 is 17.9 Å². The summed E-state index contributed by atoms with van der Waals surface area (Å²) in [7, 11) is 0. The van der Waals surface area contributed by atoms with Gasteiger partial charge in [0.25, 0.3) is 0 Å². The van der Waals surface area contributed by atoms with Crippen molar-refractivity contribution < 1.29 is 33.3 Å². The second-order valence-corrected chi connectivity index (χ2v) is 8.65. The smallest absolute Gasteiger partial charge is 0.343 e. The highest BCUT2D eigenvalue weighted by Crippen LogP contribution is 2.22. The number of benzene rings is 4. The molecule has 0 bridgehead atoms. The van der Waals surface area contributed by atoms with E-state index in [4.69, 9.17) is 18.9 Å². The number of carbonyl (C=O) groups excluding carboxylic acids is 3. The highest BCUT2D eigenvalue weighted by Gasteiger charge is 2.12. The summed E-state index contributed by atoms with van der Waals surface area (Å²) in [5.41, 5.74) is 2.86. The molecule has 7 nitrogen and oxygen atoms in total. The topological polar surface area (TPSA) is 88.1 Å². The second-order valence-electron chi connectivity index (χ2n) is 8.65. The predicted octanol–water partition coefficient (Wildman–Crippen LogP) is 6.68. The lowest BCUT2D eigenvalue weighted by molar-refractivity contribution is -0.137. The Morgan fingerprint density at radius 3 is 1.60 bits per heavy atom. The van der Waals surface area contributed by atoms with Crippen molar-refractivity contribution in [3.63, 3.8) is 0 Å². The van der Waals surface area contributed by atoms with Gasteiger partial charge in [-0.15, -0.1) is 0 Å². The van der Waals surface area contributed by atoms with E-state index in [2.05, 4.69) is 6.58 Å². The van der Waals surface area contributed by atoms with Crippen LogP contribution in [0.15, 0.2) is 116 Å². The summed E-state index contributed by atoms with van der Waals surface area (Å²) in [5.74, 6) is -0.197. The van der Waals surface area contributed by atoms with Gasteiger partial charge in [0.15, 0.2) is 0 Å². The third kappa shape index (κ3) is 8.16. The van der Waals surface area contributed by atoms with Crippen LogP contribution in [-0.2, 0) is 9.53 Å². The number of rotatable bonds is 12. The van der Waals surface area contributed by atoms with Crippen LogP contribution < -0.4 is 14.2 Å². The number of esters is 3. The van der Waals surface area contributed by atoms with Crippen molar-refractivity contribution in [1.82, 2.24) is 0 Å². The Kier molecular flexibility index (Phi) is 9.83. The molecule has 0 unspecified atom stereocenters. The largest absolute Gasteiger partial charge is 0.494 e. The Morgan fingerprint density at radius 2 is 1.05 bits per heavy atom. The average Bonchev–Trinajstić information content (AvgIpc) is 3.00. The summed E-state index contributed by atoms with van der Waals surface area (Å²) in [6.45, 7) is 4.10. The Morgan fingerprint density at radius 1 is 0.575 bits per heavy atom. The third-order valence-electron chi connectivity index (χ3n) is 5.78. The Hall–Kier alpha value is -5.17. The molecule has 4 aromatic carbocycles. The van der Waals surface area contributed by atoms with Gasteiger partial charge in [-0.25, -0.2) is 14.4 Å². The minimum absolute atomic E-state index is 0.311. The molecule has 40 heavy (non-hydrogen) atoms. The molecule has 7 heteroatoms. The van der Waals surface area contributed by atoms with Gasteiger partial charge in [0, 0.05) is 6.08 Å². The van der Waals surface area contributed by atoms with Crippen LogP contribution in [0.5, 0.6) is 17.2 Å². The first kappa shape index (κ1) is 27.9. The Bertz CT molecular complexity index is 1430. The van der Waals surface area contributed by atoms with Crippen molar-refractivity contribution in [3.8, 4) is 28.4 Å². The summed E-state index contributed by atoms with van der Waals surface area (Å²) in [4.78, 5) is 36.1. The number of carbonyl (C=O) groups is 3. The highest BCUT2D eigenvalue weighted by atomic mass is 16.5. The Balaban J connectivity index is 1.22. The minimum atomic E-state index is -0.529. The van der Waals surface area contributed by atoms with Crippen LogP contribution >= 0.6 is 0 Å². The summed E-state index contributed by atoms with van der Waals surface area (Å²) in [5, 5.41) is 0. The summed E-state index contributed by atoms with van der Waals surface area (Å²) < 4.78 is 21.4. The molecular formula is C33H28O7. The van der Waals surface area contributed by atoms with Gasteiger partial charge in [0.1, 0.15) is 17.2 Å². The van der Waals surface area contributed by atoms with E-state index in [0.29, 0.717) is 54.4 Å². The molecule has 0 fully saturated rings. The molecule has 0 aromatic heterocycles. The van der Waals surface area contributed by atoms with E-state index in [1.54, 1.807) is 60.7 Å². The first-order valence-electron chi connectivity index (χ1n) is 12.7. The zero-order chi connectivity index (χ0) is 28.2. The first-order chi connectivity index (χ1) is 19.5. The fourth-order valence-electron chi connectivity index (χ4n) is 3.65. The molecule has 0 atom stereocenters. The van der Waals surface area contributed by atoms with Crippen molar-refractivity contribution in [2.24, 2.45) is 0 Å². The lowest BCUT2D eigenvalue weighted by Crippen LogP contribution is -2.09. The van der Waals surface area contributed by atoms with E-state index in [1.165, 1.54) is 0 Å². The fourth-order valence-corrected chi connectivity index (χ4v) is 3.65. The summed E-state index contributed by atoms with van der Waals surface area (Å²) in [6, 6.07) is 29.9. The van der Waals surface area contributed by atoms with Gasteiger partial charge < -0.3 is 18.9 Å². The normalized spacial score (nSPS) is 10.3. The molecule has 0 radical (unpaired) electrons. The molecule has 0 heterocycles. The highest BCUT2D eigenvalue weighted by molar-refractivity contribution is 5.92. The van der Waals surface area contributed by atoms with E-state index in [-0.39, 0.29) is 0 Å². The van der Waals surface area contributed by atoms with Gasteiger partial charge in [-0.05, 0) is 84.6 Å². The van der Waals surface area contributed by atoms with E-state index in [0.717, 1.165) is 17.2 Å². The van der Waals surface area contributed by atoms with Crippen LogP contribution in [0.1, 0.15) is 33.6 Å². The monoisotopic (exact) mass is 536 g/mol. The molecule has 202 valence electrons. The molecule has 0 aliphatic rings. The molecular weight excluding hydrogens is 508 g/mol. The quantitative estimate of drug-likeness (QED) is 0.0864. The maximum atomic E-state index is 12.5. The molecule has 0 aliphatic heterocycles. The average molecular weight is 537 g/mol. The summed E-state index contributed by atoms with van der Waals surface area (Å²) >= 11 is 0.